The maximum absolute atomic E-state index is 13.1. The van der Waals surface area contributed by atoms with Crippen LogP contribution < -0.4 is 4.74 Å². The number of likely N-dealkylation sites (tertiary alicyclic amines) is 1. The Morgan fingerprint density at radius 2 is 1.69 bits per heavy atom. The van der Waals surface area contributed by atoms with Crippen molar-refractivity contribution in [2.45, 2.75) is 32.9 Å². The molecular formula is C30H31NO5. The Hall–Kier alpha value is -3.90. The Bertz CT molecular complexity index is 1260. The van der Waals surface area contributed by atoms with E-state index in [1.165, 1.54) is 4.90 Å². The van der Waals surface area contributed by atoms with Crippen LogP contribution in [0.3, 0.4) is 0 Å². The van der Waals surface area contributed by atoms with Gasteiger partial charge in [-0.05, 0) is 54.3 Å². The predicted octanol–water partition coefficient (Wildman–Crippen LogP) is 5.20. The number of nitrogens with zero attached hydrogens (tertiary/aromatic N) is 1. The first kappa shape index (κ1) is 25.2. The van der Waals surface area contributed by atoms with Crippen LogP contribution in [0.1, 0.15) is 40.8 Å². The number of aryl methyl sites for hydroxylation is 2. The molecule has 1 N–H and O–H groups in total. The Kier molecular flexibility index (Phi) is 7.86. The normalized spacial score (nSPS) is 17.0. The van der Waals surface area contributed by atoms with Gasteiger partial charge in [-0.25, -0.2) is 0 Å². The number of benzene rings is 3. The summed E-state index contributed by atoms with van der Waals surface area (Å²) in [5.41, 5.74) is 4.66. The third-order valence-corrected chi connectivity index (χ3v) is 6.40. The van der Waals surface area contributed by atoms with Crippen LogP contribution in [0.25, 0.3) is 5.76 Å². The van der Waals surface area contributed by atoms with Crippen molar-refractivity contribution in [1.82, 2.24) is 4.90 Å². The van der Waals surface area contributed by atoms with Crippen LogP contribution >= 0.6 is 0 Å². The molecule has 0 spiro atoms. The zero-order chi connectivity index (χ0) is 25.7. The third-order valence-electron chi connectivity index (χ3n) is 6.40. The van der Waals surface area contributed by atoms with E-state index < -0.39 is 17.7 Å². The minimum atomic E-state index is -0.701. The van der Waals surface area contributed by atoms with Gasteiger partial charge in [0.2, 0.25) is 0 Å². The first-order valence-electron chi connectivity index (χ1n) is 12.1. The highest BCUT2D eigenvalue weighted by molar-refractivity contribution is 6.46. The standard InChI is InChI=1S/C30H31NO5/c1-4-21-8-10-23(11-9-21)27-26(29(33)30(34)31(27)16-17-35-3)28(32)24-12-14-25(15-13-24)36-19-22-7-5-6-20(2)18-22/h5-15,18,27,32H,4,16-17,19H2,1-3H3/t27-/m1/s1. The SMILES string of the molecule is CCc1ccc([C@@H]2C(=C(O)c3ccc(OCc4cccc(C)c4)cc3)C(=O)C(=O)N2CCOC)cc1. The smallest absolute Gasteiger partial charge is 0.295 e. The van der Waals surface area contributed by atoms with Crippen LogP contribution in [0.5, 0.6) is 5.75 Å². The van der Waals surface area contributed by atoms with Gasteiger partial charge < -0.3 is 19.5 Å². The van der Waals surface area contributed by atoms with E-state index in [2.05, 4.69) is 13.0 Å². The summed E-state index contributed by atoms with van der Waals surface area (Å²) in [4.78, 5) is 27.5. The molecular weight excluding hydrogens is 454 g/mol. The Morgan fingerprint density at radius 1 is 0.972 bits per heavy atom. The summed E-state index contributed by atoms with van der Waals surface area (Å²) in [6.07, 6.45) is 0.877. The van der Waals surface area contributed by atoms with Crippen LogP contribution in [0.2, 0.25) is 0 Å². The van der Waals surface area contributed by atoms with Crippen molar-refractivity contribution >= 4 is 17.4 Å². The topological polar surface area (TPSA) is 76.1 Å². The second kappa shape index (κ2) is 11.2. The molecule has 0 aliphatic carbocycles. The number of ketones is 1. The molecule has 1 atom stereocenters. The number of rotatable bonds is 9. The molecule has 0 radical (unpaired) electrons. The zero-order valence-corrected chi connectivity index (χ0v) is 20.9. The molecule has 6 nitrogen and oxygen atoms in total. The summed E-state index contributed by atoms with van der Waals surface area (Å²) in [6, 6.07) is 22.1. The lowest BCUT2D eigenvalue weighted by atomic mass is 9.94. The second-order valence-corrected chi connectivity index (χ2v) is 8.88. The van der Waals surface area contributed by atoms with Gasteiger partial charge in [-0.15, -0.1) is 0 Å². The molecule has 1 aliphatic heterocycles. The summed E-state index contributed by atoms with van der Waals surface area (Å²) < 4.78 is 11.0. The van der Waals surface area contributed by atoms with E-state index in [-0.39, 0.29) is 24.5 Å². The van der Waals surface area contributed by atoms with Gasteiger partial charge >= 0.3 is 0 Å². The molecule has 0 saturated carbocycles. The highest BCUT2D eigenvalue weighted by Crippen LogP contribution is 2.39. The maximum Gasteiger partial charge on any atom is 0.295 e. The highest BCUT2D eigenvalue weighted by atomic mass is 16.5. The Balaban J connectivity index is 1.64. The van der Waals surface area contributed by atoms with E-state index in [1.54, 1.807) is 31.4 Å². The average Bonchev–Trinajstić information content (AvgIpc) is 3.15. The fraction of sp³-hybridized carbons (Fsp3) is 0.267. The van der Waals surface area contributed by atoms with Crippen molar-refractivity contribution in [2.24, 2.45) is 0 Å². The number of methoxy groups -OCH3 is 1. The van der Waals surface area contributed by atoms with Crippen molar-refractivity contribution in [2.75, 3.05) is 20.3 Å². The Morgan fingerprint density at radius 3 is 2.33 bits per heavy atom. The summed E-state index contributed by atoms with van der Waals surface area (Å²) >= 11 is 0. The lowest BCUT2D eigenvalue weighted by Crippen LogP contribution is -2.32. The number of amides is 1. The molecule has 0 unspecified atom stereocenters. The number of Topliss-reactive ketones (excluding diaryl/α,β-unsaturated/α-hetero) is 1. The van der Waals surface area contributed by atoms with Gasteiger partial charge in [0.15, 0.2) is 0 Å². The van der Waals surface area contributed by atoms with E-state index in [0.29, 0.717) is 17.9 Å². The van der Waals surface area contributed by atoms with Crippen molar-refractivity contribution in [3.63, 3.8) is 0 Å². The molecule has 186 valence electrons. The molecule has 1 amide bonds. The molecule has 3 aromatic carbocycles. The predicted molar refractivity (Wildman–Crippen MR) is 139 cm³/mol. The van der Waals surface area contributed by atoms with E-state index in [0.717, 1.165) is 28.7 Å². The van der Waals surface area contributed by atoms with E-state index in [1.807, 2.05) is 49.4 Å². The molecule has 1 fully saturated rings. The van der Waals surface area contributed by atoms with Gasteiger partial charge in [0.25, 0.3) is 11.7 Å². The van der Waals surface area contributed by atoms with Gasteiger partial charge in [0, 0.05) is 19.2 Å². The number of aliphatic hydroxyl groups is 1. The van der Waals surface area contributed by atoms with Crippen LogP contribution in [0.15, 0.2) is 78.4 Å². The first-order chi connectivity index (χ1) is 17.4. The summed E-state index contributed by atoms with van der Waals surface area (Å²) in [7, 11) is 1.55. The van der Waals surface area contributed by atoms with Crippen molar-refractivity contribution in [1.29, 1.82) is 0 Å². The number of carbonyl (C=O) groups is 2. The van der Waals surface area contributed by atoms with E-state index in [9.17, 15) is 14.7 Å². The lowest BCUT2D eigenvalue weighted by Gasteiger charge is -2.25. The minimum absolute atomic E-state index is 0.0776. The largest absolute Gasteiger partial charge is 0.507 e. The quantitative estimate of drug-likeness (QED) is 0.256. The number of carbonyl (C=O) groups excluding carboxylic acids is 2. The fourth-order valence-corrected chi connectivity index (χ4v) is 4.42. The third kappa shape index (κ3) is 5.34. The van der Waals surface area contributed by atoms with Crippen LogP contribution in [-0.4, -0.2) is 42.0 Å². The maximum atomic E-state index is 13.1. The molecule has 3 aromatic rings. The number of aliphatic hydroxyl groups excluding tert-OH is 1. The Labute approximate surface area is 211 Å². The van der Waals surface area contributed by atoms with Crippen LogP contribution in [-0.2, 0) is 27.4 Å². The number of hydrogen-bond acceptors (Lipinski definition) is 5. The van der Waals surface area contributed by atoms with Crippen LogP contribution in [0.4, 0.5) is 0 Å². The highest BCUT2D eigenvalue weighted by Gasteiger charge is 2.45. The summed E-state index contributed by atoms with van der Waals surface area (Å²) in [5, 5.41) is 11.2. The molecule has 4 rings (SSSR count). The molecule has 1 saturated heterocycles. The lowest BCUT2D eigenvalue weighted by molar-refractivity contribution is -0.140. The van der Waals surface area contributed by atoms with Gasteiger partial charge in [0.1, 0.15) is 18.1 Å². The summed E-state index contributed by atoms with van der Waals surface area (Å²) in [6.45, 7) is 5.04. The van der Waals surface area contributed by atoms with Crippen molar-refractivity contribution in [3.05, 3.63) is 106 Å². The summed E-state index contributed by atoms with van der Waals surface area (Å²) in [5.74, 6) is -0.910. The average molecular weight is 486 g/mol. The van der Waals surface area contributed by atoms with Gasteiger partial charge in [0.05, 0.1) is 18.2 Å². The molecule has 0 bridgehead atoms. The molecule has 1 aliphatic rings. The van der Waals surface area contributed by atoms with Crippen molar-refractivity contribution < 1.29 is 24.2 Å². The van der Waals surface area contributed by atoms with Gasteiger partial charge in [-0.3, -0.25) is 9.59 Å². The van der Waals surface area contributed by atoms with Gasteiger partial charge in [-0.2, -0.15) is 0 Å². The second-order valence-electron chi connectivity index (χ2n) is 8.88. The van der Waals surface area contributed by atoms with Crippen LogP contribution in [0, 0.1) is 6.92 Å². The monoisotopic (exact) mass is 485 g/mol. The van der Waals surface area contributed by atoms with E-state index >= 15 is 0 Å². The molecule has 6 heteroatoms. The van der Waals surface area contributed by atoms with E-state index in [4.69, 9.17) is 9.47 Å². The zero-order valence-electron chi connectivity index (χ0n) is 20.9. The fourth-order valence-electron chi connectivity index (χ4n) is 4.42. The molecule has 0 aromatic heterocycles. The minimum Gasteiger partial charge on any atom is -0.507 e. The number of hydrogen-bond donors (Lipinski definition) is 1. The molecule has 36 heavy (non-hydrogen) atoms. The first-order valence-corrected chi connectivity index (χ1v) is 12.1. The van der Waals surface area contributed by atoms with Crippen molar-refractivity contribution in [3.8, 4) is 5.75 Å². The number of ether oxygens (including phenoxy) is 2. The molecule has 1 heterocycles. The van der Waals surface area contributed by atoms with Gasteiger partial charge in [-0.1, -0.05) is 61.0 Å².